The Morgan fingerprint density at radius 2 is 2.16 bits per heavy atom. The molecule has 1 aliphatic rings. The molecule has 0 unspecified atom stereocenters. The van der Waals surface area contributed by atoms with E-state index in [2.05, 4.69) is 25.9 Å². The Balaban J connectivity index is 1.56. The highest BCUT2D eigenvalue weighted by molar-refractivity contribution is 7.17. The number of hydrogen-bond donors (Lipinski definition) is 2. The summed E-state index contributed by atoms with van der Waals surface area (Å²) in [5.74, 6) is -1.19. The van der Waals surface area contributed by atoms with E-state index in [1.807, 2.05) is 13.0 Å². The van der Waals surface area contributed by atoms with Crippen LogP contribution in [-0.4, -0.2) is 63.4 Å². The summed E-state index contributed by atoms with van der Waals surface area (Å²) in [6.45, 7) is 2.45. The number of rotatable bonds is 6. The lowest BCUT2D eigenvalue weighted by Gasteiger charge is -2.15. The Kier molecular flexibility index (Phi) is 5.42. The molecule has 0 aliphatic carbocycles. The molecule has 3 aromatic heterocycles. The van der Waals surface area contributed by atoms with Crippen LogP contribution in [0.4, 0.5) is 10.8 Å². The molecule has 12 nitrogen and oxygen atoms in total. The monoisotopic (exact) mass is 445 g/mol. The van der Waals surface area contributed by atoms with E-state index in [0.29, 0.717) is 18.1 Å². The number of hydrogen-bond acceptors (Lipinski definition) is 10. The van der Waals surface area contributed by atoms with Crippen LogP contribution in [0.2, 0.25) is 0 Å². The van der Waals surface area contributed by atoms with Gasteiger partial charge in [0.25, 0.3) is 5.91 Å². The van der Waals surface area contributed by atoms with Gasteiger partial charge >= 0.3 is 5.63 Å². The number of nitrogens with zero attached hydrogens (tertiary/aromatic N) is 5. The van der Waals surface area contributed by atoms with Crippen molar-refractivity contribution in [2.75, 3.05) is 31.3 Å². The van der Waals surface area contributed by atoms with Crippen molar-refractivity contribution < 1.29 is 18.7 Å². The van der Waals surface area contributed by atoms with Gasteiger partial charge in [0.1, 0.15) is 6.04 Å². The van der Waals surface area contributed by atoms with Crippen molar-refractivity contribution in [3.05, 3.63) is 40.2 Å². The summed E-state index contributed by atoms with van der Waals surface area (Å²) in [4.78, 5) is 38.8. The lowest BCUT2D eigenvalue weighted by Crippen LogP contribution is -2.31. The van der Waals surface area contributed by atoms with E-state index in [-0.39, 0.29) is 28.2 Å². The fourth-order valence-corrected chi connectivity index (χ4v) is 3.88. The van der Waals surface area contributed by atoms with Crippen LogP contribution in [0.15, 0.2) is 27.5 Å². The standard InChI is InChI=1S/C18H19N7O5S/c1-9-4-6-19-25(9)18-23-22-17(31-18)21-14(26)12-8-11(13(29-3)16(28)30-12)20-10-5-7-24(2)15(10)27/h4,6,8,10,20H,5,7H2,1-3H3,(H,21,22,26)/t10-/m1/s1. The smallest absolute Gasteiger partial charge is 0.381 e. The number of methoxy groups -OCH3 is 1. The van der Waals surface area contributed by atoms with Crippen molar-refractivity contribution in [1.29, 1.82) is 0 Å². The van der Waals surface area contributed by atoms with Gasteiger partial charge in [-0.05, 0) is 19.4 Å². The van der Waals surface area contributed by atoms with Crippen LogP contribution in [0.5, 0.6) is 5.75 Å². The van der Waals surface area contributed by atoms with Gasteiger partial charge in [0.05, 0.1) is 12.8 Å². The summed E-state index contributed by atoms with van der Waals surface area (Å²) < 4.78 is 11.8. The van der Waals surface area contributed by atoms with Gasteiger partial charge in [-0.2, -0.15) is 5.10 Å². The van der Waals surface area contributed by atoms with Crippen LogP contribution in [0.25, 0.3) is 5.13 Å². The Morgan fingerprint density at radius 3 is 2.81 bits per heavy atom. The third-order valence-electron chi connectivity index (χ3n) is 4.74. The molecule has 0 bridgehead atoms. The number of likely N-dealkylation sites (N-methyl/N-ethyl adjacent to an activating group) is 1. The molecule has 0 spiro atoms. The third-order valence-corrected chi connectivity index (χ3v) is 5.56. The number of aryl methyl sites for hydroxylation is 1. The van der Waals surface area contributed by atoms with E-state index in [0.717, 1.165) is 17.0 Å². The normalized spacial score (nSPS) is 15.9. The van der Waals surface area contributed by atoms with E-state index in [1.165, 1.54) is 13.2 Å². The predicted molar refractivity (Wildman–Crippen MR) is 111 cm³/mol. The van der Waals surface area contributed by atoms with Gasteiger partial charge in [-0.1, -0.05) is 11.3 Å². The molecule has 3 aromatic rings. The highest BCUT2D eigenvalue weighted by Crippen LogP contribution is 2.26. The molecule has 1 atom stereocenters. The zero-order chi connectivity index (χ0) is 22.1. The van der Waals surface area contributed by atoms with E-state index >= 15 is 0 Å². The van der Waals surface area contributed by atoms with Crippen LogP contribution in [0, 0.1) is 6.92 Å². The quantitative estimate of drug-likeness (QED) is 0.565. The van der Waals surface area contributed by atoms with Gasteiger partial charge in [0.15, 0.2) is 5.76 Å². The number of carbonyl (C=O) groups is 2. The molecule has 0 radical (unpaired) electrons. The van der Waals surface area contributed by atoms with Gasteiger partial charge in [-0.25, -0.2) is 9.48 Å². The second kappa shape index (κ2) is 8.18. The van der Waals surface area contributed by atoms with Crippen LogP contribution in [-0.2, 0) is 4.79 Å². The first-order valence-corrected chi connectivity index (χ1v) is 10.1. The molecule has 1 fully saturated rings. The fourth-order valence-electron chi connectivity index (χ4n) is 3.12. The Morgan fingerprint density at radius 1 is 1.35 bits per heavy atom. The maximum absolute atomic E-state index is 12.7. The first-order chi connectivity index (χ1) is 14.9. The van der Waals surface area contributed by atoms with Crippen LogP contribution in [0.3, 0.4) is 0 Å². The summed E-state index contributed by atoms with van der Waals surface area (Å²) in [5, 5.41) is 18.3. The summed E-state index contributed by atoms with van der Waals surface area (Å²) >= 11 is 1.11. The first kappa shape index (κ1) is 20.5. The summed E-state index contributed by atoms with van der Waals surface area (Å²) in [6.07, 6.45) is 2.18. The molecule has 4 heterocycles. The first-order valence-electron chi connectivity index (χ1n) is 9.27. The van der Waals surface area contributed by atoms with Gasteiger partial charge in [0, 0.05) is 31.5 Å². The minimum absolute atomic E-state index is 0.114. The SMILES string of the molecule is COc1c(N[C@@H]2CCN(C)C2=O)cc(C(=O)Nc2nnc(-n3nccc3C)s2)oc1=O. The molecule has 4 rings (SSSR count). The molecule has 1 saturated heterocycles. The van der Waals surface area contributed by atoms with Gasteiger partial charge in [0.2, 0.25) is 21.9 Å². The van der Waals surface area contributed by atoms with Crippen molar-refractivity contribution in [1.82, 2.24) is 24.9 Å². The van der Waals surface area contributed by atoms with E-state index in [4.69, 9.17) is 9.15 Å². The zero-order valence-corrected chi connectivity index (χ0v) is 17.7. The molecule has 31 heavy (non-hydrogen) atoms. The summed E-state index contributed by atoms with van der Waals surface area (Å²) in [5.41, 5.74) is 0.210. The Bertz CT molecular complexity index is 1200. The molecule has 2 amide bonds. The second-order valence-corrected chi connectivity index (χ2v) is 7.77. The van der Waals surface area contributed by atoms with Gasteiger partial charge in [-0.3, -0.25) is 14.9 Å². The molecule has 1 aliphatic heterocycles. The predicted octanol–water partition coefficient (Wildman–Crippen LogP) is 0.889. The van der Waals surface area contributed by atoms with Crippen molar-refractivity contribution in [3.8, 4) is 10.9 Å². The van der Waals surface area contributed by atoms with Crippen molar-refractivity contribution in [3.63, 3.8) is 0 Å². The van der Waals surface area contributed by atoms with Crippen LogP contribution >= 0.6 is 11.3 Å². The highest BCUT2D eigenvalue weighted by Gasteiger charge is 2.30. The minimum Gasteiger partial charge on any atom is -0.488 e. The van der Waals surface area contributed by atoms with Crippen molar-refractivity contribution in [2.45, 2.75) is 19.4 Å². The number of ether oxygens (including phenoxy) is 1. The maximum Gasteiger partial charge on any atom is 0.381 e. The molecule has 0 saturated carbocycles. The number of likely N-dealkylation sites (tertiary alicyclic amines) is 1. The minimum atomic E-state index is -0.846. The lowest BCUT2D eigenvalue weighted by molar-refractivity contribution is -0.127. The summed E-state index contributed by atoms with van der Waals surface area (Å²) in [6, 6.07) is 2.60. The maximum atomic E-state index is 12.7. The average Bonchev–Trinajstić information content (AvgIpc) is 3.45. The topological polar surface area (TPSA) is 144 Å². The average molecular weight is 445 g/mol. The molecular weight excluding hydrogens is 426 g/mol. The lowest BCUT2D eigenvalue weighted by atomic mass is 10.2. The number of aromatic nitrogens is 4. The number of carbonyl (C=O) groups excluding carboxylic acids is 2. The molecular formula is C18H19N7O5S. The van der Waals surface area contributed by atoms with Gasteiger partial charge < -0.3 is 19.4 Å². The molecule has 2 N–H and O–H groups in total. The molecule has 0 aromatic carbocycles. The van der Waals surface area contributed by atoms with E-state index in [9.17, 15) is 14.4 Å². The molecule has 13 heteroatoms. The third kappa shape index (κ3) is 3.99. The van der Waals surface area contributed by atoms with Gasteiger partial charge in [-0.15, -0.1) is 10.2 Å². The van der Waals surface area contributed by atoms with E-state index in [1.54, 1.807) is 22.8 Å². The van der Waals surface area contributed by atoms with E-state index < -0.39 is 17.6 Å². The Hall–Kier alpha value is -3.74. The second-order valence-electron chi connectivity index (χ2n) is 6.82. The summed E-state index contributed by atoms with van der Waals surface area (Å²) in [7, 11) is 3.00. The zero-order valence-electron chi connectivity index (χ0n) is 16.9. The number of anilines is 2. The number of nitrogens with one attached hydrogen (secondary N) is 2. The van der Waals surface area contributed by atoms with Crippen LogP contribution in [0.1, 0.15) is 22.7 Å². The molecule has 162 valence electrons. The fraction of sp³-hybridized carbons (Fsp3) is 0.333. The largest absolute Gasteiger partial charge is 0.488 e. The van der Waals surface area contributed by atoms with Crippen molar-refractivity contribution in [2.24, 2.45) is 0 Å². The number of amides is 2. The van der Waals surface area contributed by atoms with Crippen molar-refractivity contribution >= 4 is 34.0 Å². The van der Waals surface area contributed by atoms with Crippen LogP contribution < -0.4 is 21.0 Å². The highest BCUT2D eigenvalue weighted by atomic mass is 32.1. The Labute approximate surface area is 179 Å².